The minimum Gasteiger partial charge on any atom is -0.494 e. The first-order valence-electron chi connectivity index (χ1n) is 6.53. The first-order valence-corrected chi connectivity index (χ1v) is 6.53. The van der Waals surface area contributed by atoms with E-state index in [4.69, 9.17) is 0 Å². The van der Waals surface area contributed by atoms with Crippen LogP contribution >= 0.6 is 0 Å². The van der Waals surface area contributed by atoms with Crippen molar-refractivity contribution in [3.8, 4) is 5.88 Å². The zero-order chi connectivity index (χ0) is 15.1. The van der Waals surface area contributed by atoms with Crippen LogP contribution in [-0.2, 0) is 20.5 Å². The molecule has 0 amide bonds. The number of aromatic hydroxyl groups is 1. The number of benzene rings is 1. The summed E-state index contributed by atoms with van der Waals surface area (Å²) in [5.41, 5.74) is 1.07. The van der Waals surface area contributed by atoms with Crippen molar-refractivity contribution in [3.63, 3.8) is 0 Å². The average Bonchev–Trinajstić information content (AvgIpc) is 2.91. The maximum Gasteiger partial charge on any atom is 0.333 e. The summed E-state index contributed by atoms with van der Waals surface area (Å²) < 4.78 is 2.08. The molecular formula is C15H15N3O3. The van der Waals surface area contributed by atoms with Gasteiger partial charge < -0.3 is 10.1 Å². The van der Waals surface area contributed by atoms with E-state index in [2.05, 4.69) is 4.98 Å². The molecule has 3 aromatic rings. The van der Waals surface area contributed by atoms with Crippen molar-refractivity contribution in [1.29, 1.82) is 0 Å². The van der Waals surface area contributed by atoms with E-state index in [9.17, 15) is 14.7 Å². The molecule has 0 atom stereocenters. The topological polar surface area (TPSA) is 80.0 Å². The zero-order valence-electron chi connectivity index (χ0n) is 11.8. The summed E-state index contributed by atoms with van der Waals surface area (Å²) in [6.45, 7) is 0. The van der Waals surface area contributed by atoms with E-state index in [1.54, 1.807) is 0 Å². The number of nitrogens with one attached hydrogen (secondary N) is 1. The van der Waals surface area contributed by atoms with E-state index in [1.807, 2.05) is 30.5 Å². The number of nitrogens with zero attached hydrogens (tertiary/aromatic N) is 2. The third-order valence-electron chi connectivity index (χ3n) is 3.77. The Morgan fingerprint density at radius 1 is 1.14 bits per heavy atom. The monoisotopic (exact) mass is 285 g/mol. The highest BCUT2D eigenvalue weighted by Gasteiger charge is 2.16. The van der Waals surface area contributed by atoms with Gasteiger partial charge in [0.25, 0.3) is 5.56 Å². The molecule has 0 bridgehead atoms. The molecule has 3 rings (SSSR count). The zero-order valence-corrected chi connectivity index (χ0v) is 11.8. The van der Waals surface area contributed by atoms with Crippen molar-refractivity contribution in [2.24, 2.45) is 14.1 Å². The summed E-state index contributed by atoms with van der Waals surface area (Å²) in [5, 5.41) is 11.1. The van der Waals surface area contributed by atoms with E-state index >= 15 is 0 Å². The van der Waals surface area contributed by atoms with E-state index in [1.165, 1.54) is 14.1 Å². The van der Waals surface area contributed by atoms with Gasteiger partial charge in [-0.1, -0.05) is 18.2 Å². The van der Waals surface area contributed by atoms with Gasteiger partial charge in [-0.3, -0.25) is 13.9 Å². The van der Waals surface area contributed by atoms with Gasteiger partial charge in [0.1, 0.15) is 0 Å². The van der Waals surface area contributed by atoms with Crippen molar-refractivity contribution in [3.05, 3.63) is 62.4 Å². The third kappa shape index (κ3) is 1.96. The molecule has 0 spiro atoms. The van der Waals surface area contributed by atoms with Crippen LogP contribution < -0.4 is 11.2 Å². The molecule has 0 aliphatic carbocycles. The van der Waals surface area contributed by atoms with Crippen LogP contribution in [0.3, 0.4) is 0 Å². The fourth-order valence-corrected chi connectivity index (χ4v) is 2.53. The third-order valence-corrected chi connectivity index (χ3v) is 3.77. The van der Waals surface area contributed by atoms with Gasteiger partial charge in [-0.25, -0.2) is 4.79 Å². The van der Waals surface area contributed by atoms with Gasteiger partial charge >= 0.3 is 5.69 Å². The fraction of sp³-hybridized carbons (Fsp3) is 0.200. The number of aromatic amines is 1. The summed E-state index contributed by atoms with van der Waals surface area (Å²) in [6.07, 6.45) is 2.07. The van der Waals surface area contributed by atoms with Crippen molar-refractivity contribution in [2.45, 2.75) is 6.42 Å². The Hall–Kier alpha value is -2.76. The summed E-state index contributed by atoms with van der Waals surface area (Å²) >= 11 is 0. The van der Waals surface area contributed by atoms with E-state index < -0.39 is 11.2 Å². The number of H-pyrrole nitrogens is 1. The lowest BCUT2D eigenvalue weighted by Gasteiger charge is -2.09. The minimum absolute atomic E-state index is 0.212. The van der Waals surface area contributed by atoms with Gasteiger partial charge in [0.05, 0.1) is 5.56 Å². The second kappa shape index (κ2) is 4.66. The number of hydrogen-bond donors (Lipinski definition) is 2. The summed E-state index contributed by atoms with van der Waals surface area (Å²) in [7, 11) is 2.85. The Bertz CT molecular complexity index is 947. The molecule has 0 radical (unpaired) electrons. The summed E-state index contributed by atoms with van der Waals surface area (Å²) in [4.78, 5) is 27.1. The lowest BCUT2D eigenvalue weighted by atomic mass is 10.1. The molecule has 0 aliphatic rings. The molecule has 0 fully saturated rings. The highest BCUT2D eigenvalue weighted by atomic mass is 16.3. The fourth-order valence-electron chi connectivity index (χ4n) is 2.53. The normalized spacial score (nSPS) is 11.1. The summed E-state index contributed by atoms with van der Waals surface area (Å²) in [6, 6.07) is 7.73. The smallest absolute Gasteiger partial charge is 0.333 e. The first kappa shape index (κ1) is 13.2. The summed E-state index contributed by atoms with van der Waals surface area (Å²) in [5.74, 6) is -0.284. The van der Waals surface area contributed by atoms with E-state index in [0.717, 1.165) is 25.6 Å². The van der Waals surface area contributed by atoms with Crippen LogP contribution in [0.4, 0.5) is 0 Å². The first-order chi connectivity index (χ1) is 10.0. The van der Waals surface area contributed by atoms with Crippen molar-refractivity contribution in [2.75, 3.05) is 0 Å². The Morgan fingerprint density at radius 3 is 2.62 bits per heavy atom. The minimum atomic E-state index is -0.542. The Kier molecular flexibility index (Phi) is 2.94. The van der Waals surface area contributed by atoms with Gasteiger partial charge in [0.2, 0.25) is 5.88 Å². The number of aromatic nitrogens is 3. The van der Waals surface area contributed by atoms with Gasteiger partial charge in [-0.05, 0) is 11.6 Å². The molecule has 2 heterocycles. The lowest BCUT2D eigenvalue weighted by molar-refractivity contribution is 0.404. The second-order valence-electron chi connectivity index (χ2n) is 5.04. The molecule has 21 heavy (non-hydrogen) atoms. The van der Waals surface area contributed by atoms with Crippen LogP contribution in [0.15, 0.2) is 40.1 Å². The molecule has 6 heteroatoms. The molecule has 0 unspecified atom stereocenters. The van der Waals surface area contributed by atoms with Gasteiger partial charge in [0.15, 0.2) is 0 Å². The van der Waals surface area contributed by atoms with Crippen molar-refractivity contribution >= 4 is 10.9 Å². The lowest BCUT2D eigenvalue weighted by Crippen LogP contribution is -2.38. The maximum atomic E-state index is 12.2. The molecule has 0 saturated heterocycles. The average molecular weight is 285 g/mol. The highest BCUT2D eigenvalue weighted by molar-refractivity contribution is 5.83. The van der Waals surface area contributed by atoms with Crippen molar-refractivity contribution < 1.29 is 5.11 Å². The van der Waals surface area contributed by atoms with Gasteiger partial charge in [-0.15, -0.1) is 0 Å². The Labute approximate surface area is 119 Å². The SMILES string of the molecule is Cn1c(O)c(Cc2c[nH]c3ccccc23)c(=O)n(C)c1=O. The van der Waals surface area contributed by atoms with Crippen LogP contribution in [0, 0.1) is 0 Å². The number of hydrogen-bond acceptors (Lipinski definition) is 3. The Balaban J connectivity index is 2.19. The van der Waals surface area contributed by atoms with Crippen molar-refractivity contribution in [1.82, 2.24) is 14.1 Å². The second-order valence-corrected chi connectivity index (χ2v) is 5.04. The molecule has 0 aliphatic heterocycles. The van der Waals surface area contributed by atoms with Crippen LogP contribution in [0.5, 0.6) is 5.88 Å². The number of fused-ring (bicyclic) bond motifs is 1. The van der Waals surface area contributed by atoms with Crippen LogP contribution in [-0.4, -0.2) is 19.2 Å². The van der Waals surface area contributed by atoms with Gasteiger partial charge in [0, 0.05) is 37.6 Å². The maximum absolute atomic E-state index is 12.2. The highest BCUT2D eigenvalue weighted by Crippen LogP contribution is 2.22. The van der Waals surface area contributed by atoms with E-state index in [0.29, 0.717) is 0 Å². The molecule has 0 saturated carbocycles. The quantitative estimate of drug-likeness (QED) is 0.733. The van der Waals surface area contributed by atoms with E-state index in [-0.39, 0.29) is 17.9 Å². The molecule has 6 nitrogen and oxygen atoms in total. The predicted octanol–water partition coefficient (Wildman–Crippen LogP) is 0.862. The van der Waals surface area contributed by atoms with Crippen LogP contribution in [0.2, 0.25) is 0 Å². The van der Waals surface area contributed by atoms with Crippen LogP contribution in [0.25, 0.3) is 10.9 Å². The number of rotatable bonds is 2. The van der Waals surface area contributed by atoms with Gasteiger partial charge in [-0.2, -0.15) is 0 Å². The number of para-hydroxylation sites is 1. The molecule has 2 aromatic heterocycles. The molecule has 2 N–H and O–H groups in total. The predicted molar refractivity (Wildman–Crippen MR) is 79.7 cm³/mol. The van der Waals surface area contributed by atoms with Crippen LogP contribution in [0.1, 0.15) is 11.1 Å². The molecule has 1 aromatic carbocycles. The molecule has 108 valence electrons. The Morgan fingerprint density at radius 2 is 1.86 bits per heavy atom. The largest absolute Gasteiger partial charge is 0.494 e. The standard InChI is InChI=1S/C15H15N3O3/c1-17-13(19)11(14(20)18(2)15(17)21)7-9-8-16-12-6-4-3-5-10(9)12/h3-6,8,16,19H,7H2,1-2H3. The molecular weight excluding hydrogens is 270 g/mol.